The molecule has 0 radical (unpaired) electrons. The number of anilines is 1. The number of thioether (sulfide) groups is 1. The van der Waals surface area contributed by atoms with E-state index < -0.39 is 5.97 Å². The van der Waals surface area contributed by atoms with Gasteiger partial charge in [0, 0.05) is 11.7 Å². The van der Waals surface area contributed by atoms with Crippen LogP contribution in [0, 0.1) is 0 Å². The van der Waals surface area contributed by atoms with E-state index in [9.17, 15) is 4.79 Å². The number of nitrogens with one attached hydrogen (secondary N) is 1. The first-order chi connectivity index (χ1) is 8.04. The molecule has 1 unspecified atom stereocenters. The smallest absolute Gasteiger partial charge is 0.337 e. The molecule has 0 saturated heterocycles. The molecule has 1 aromatic carbocycles. The third-order valence-corrected chi connectivity index (χ3v) is 3.32. The average Bonchev–Trinajstić information content (AvgIpc) is 2.26. The van der Waals surface area contributed by atoms with Gasteiger partial charge < -0.3 is 10.4 Å². The molecule has 1 aromatic rings. The Morgan fingerprint density at radius 3 is 2.82 bits per heavy atom. The van der Waals surface area contributed by atoms with E-state index in [1.165, 1.54) is 6.07 Å². The molecule has 0 aliphatic carbocycles. The molecule has 2 N–H and O–H groups in total. The van der Waals surface area contributed by atoms with Crippen molar-refractivity contribution in [2.24, 2.45) is 0 Å². The maximum absolute atomic E-state index is 10.8. The number of carboxylic acid groups (broad SMARTS) is 1. The summed E-state index contributed by atoms with van der Waals surface area (Å²) < 4.78 is 0. The largest absolute Gasteiger partial charge is 0.478 e. The molecule has 0 spiro atoms. The molecule has 0 aliphatic heterocycles. The fourth-order valence-electron chi connectivity index (χ4n) is 1.43. The summed E-state index contributed by atoms with van der Waals surface area (Å²) in [7, 11) is 0. The van der Waals surface area contributed by atoms with Gasteiger partial charge in [0.25, 0.3) is 0 Å². The Kier molecular flexibility index (Phi) is 5.65. The topological polar surface area (TPSA) is 49.3 Å². The molecule has 0 saturated carbocycles. The molecule has 94 valence electrons. The summed E-state index contributed by atoms with van der Waals surface area (Å²) in [6, 6.07) is 5.26. The molecule has 17 heavy (non-hydrogen) atoms. The molecular weight excluding hydrogens is 258 g/mol. The van der Waals surface area contributed by atoms with Crippen LogP contribution < -0.4 is 5.32 Å². The first-order valence-electron chi connectivity index (χ1n) is 5.33. The molecule has 0 aromatic heterocycles. The van der Waals surface area contributed by atoms with Crippen LogP contribution in [-0.2, 0) is 0 Å². The summed E-state index contributed by atoms with van der Waals surface area (Å²) in [6.45, 7) is 2.09. The second-order valence-corrected chi connectivity index (χ2v) is 5.22. The van der Waals surface area contributed by atoms with Gasteiger partial charge in [-0.1, -0.05) is 11.6 Å². The Hall–Kier alpha value is -0.870. The third kappa shape index (κ3) is 4.48. The lowest BCUT2D eigenvalue weighted by Crippen LogP contribution is -2.16. The van der Waals surface area contributed by atoms with E-state index in [1.54, 1.807) is 23.9 Å². The standard InChI is InChI=1S/C12H16ClNO2S/c1-8(5-6-17-2)14-9-3-4-10(12(15)16)11(13)7-9/h3-4,7-8,14H,5-6H2,1-2H3,(H,15,16). The Bertz CT molecular complexity index is 398. The lowest BCUT2D eigenvalue weighted by atomic mass is 10.2. The van der Waals surface area contributed by atoms with Gasteiger partial charge >= 0.3 is 5.97 Å². The van der Waals surface area contributed by atoms with E-state index in [1.807, 2.05) is 0 Å². The Balaban J connectivity index is 2.67. The van der Waals surface area contributed by atoms with Crippen LogP contribution in [0.25, 0.3) is 0 Å². The summed E-state index contributed by atoms with van der Waals surface area (Å²) in [5.41, 5.74) is 0.989. The number of hydrogen-bond acceptors (Lipinski definition) is 3. The summed E-state index contributed by atoms with van der Waals surface area (Å²) in [6.07, 6.45) is 3.13. The third-order valence-electron chi connectivity index (χ3n) is 2.37. The maximum Gasteiger partial charge on any atom is 0.337 e. The Morgan fingerprint density at radius 1 is 1.59 bits per heavy atom. The van der Waals surface area contributed by atoms with E-state index >= 15 is 0 Å². The second kappa shape index (κ2) is 6.77. The first kappa shape index (κ1) is 14.2. The van der Waals surface area contributed by atoms with Crippen molar-refractivity contribution in [1.82, 2.24) is 0 Å². The SMILES string of the molecule is CSCCC(C)Nc1ccc(C(=O)O)c(Cl)c1. The van der Waals surface area contributed by atoms with Crippen molar-refractivity contribution in [1.29, 1.82) is 0 Å². The van der Waals surface area contributed by atoms with Crippen LogP contribution in [0.4, 0.5) is 5.69 Å². The highest BCUT2D eigenvalue weighted by molar-refractivity contribution is 7.98. The van der Waals surface area contributed by atoms with Crippen LogP contribution in [-0.4, -0.2) is 29.1 Å². The second-order valence-electron chi connectivity index (χ2n) is 3.83. The molecule has 0 aliphatic rings. The number of halogens is 1. The van der Waals surface area contributed by atoms with Gasteiger partial charge in [-0.15, -0.1) is 0 Å². The molecule has 0 amide bonds. The van der Waals surface area contributed by atoms with Gasteiger partial charge in [0.2, 0.25) is 0 Å². The van der Waals surface area contributed by atoms with Crippen molar-refractivity contribution < 1.29 is 9.90 Å². The average molecular weight is 274 g/mol. The number of carboxylic acids is 1. The highest BCUT2D eigenvalue weighted by atomic mass is 35.5. The predicted octanol–water partition coefficient (Wildman–Crippen LogP) is 3.59. The molecule has 0 bridgehead atoms. The van der Waals surface area contributed by atoms with Crippen LogP contribution in [0.15, 0.2) is 18.2 Å². The number of carbonyl (C=O) groups is 1. The van der Waals surface area contributed by atoms with Crippen LogP contribution in [0.3, 0.4) is 0 Å². The van der Waals surface area contributed by atoms with Crippen molar-refractivity contribution in [3.8, 4) is 0 Å². The zero-order valence-electron chi connectivity index (χ0n) is 9.87. The highest BCUT2D eigenvalue weighted by Crippen LogP contribution is 2.22. The molecule has 5 heteroatoms. The fourth-order valence-corrected chi connectivity index (χ4v) is 2.28. The zero-order chi connectivity index (χ0) is 12.8. The minimum Gasteiger partial charge on any atom is -0.478 e. The lowest BCUT2D eigenvalue weighted by molar-refractivity contribution is 0.0697. The Morgan fingerprint density at radius 2 is 2.29 bits per heavy atom. The van der Waals surface area contributed by atoms with E-state index in [0.717, 1.165) is 17.9 Å². The van der Waals surface area contributed by atoms with E-state index in [0.29, 0.717) is 6.04 Å². The van der Waals surface area contributed by atoms with E-state index in [4.69, 9.17) is 16.7 Å². The highest BCUT2D eigenvalue weighted by Gasteiger charge is 2.09. The summed E-state index contributed by atoms with van der Waals surface area (Å²) >= 11 is 7.69. The molecule has 3 nitrogen and oxygen atoms in total. The number of hydrogen-bond donors (Lipinski definition) is 2. The van der Waals surface area contributed by atoms with Gasteiger partial charge in [-0.3, -0.25) is 0 Å². The molecule has 1 atom stereocenters. The van der Waals surface area contributed by atoms with Crippen LogP contribution in [0.5, 0.6) is 0 Å². The minimum atomic E-state index is -1.00. The van der Waals surface area contributed by atoms with Crippen LogP contribution in [0.2, 0.25) is 5.02 Å². The zero-order valence-corrected chi connectivity index (χ0v) is 11.4. The number of benzene rings is 1. The summed E-state index contributed by atoms with van der Waals surface area (Å²) in [5, 5.41) is 12.4. The van der Waals surface area contributed by atoms with Crippen LogP contribution in [0.1, 0.15) is 23.7 Å². The normalized spacial score (nSPS) is 12.2. The number of rotatable bonds is 6. The van der Waals surface area contributed by atoms with Crippen molar-refractivity contribution >= 4 is 35.0 Å². The Labute approximate surface area is 111 Å². The van der Waals surface area contributed by atoms with Crippen LogP contribution >= 0.6 is 23.4 Å². The van der Waals surface area contributed by atoms with Gasteiger partial charge in [0.05, 0.1) is 10.6 Å². The quantitative estimate of drug-likeness (QED) is 0.832. The van der Waals surface area contributed by atoms with Crippen molar-refractivity contribution in [3.05, 3.63) is 28.8 Å². The monoisotopic (exact) mass is 273 g/mol. The molecular formula is C12H16ClNO2S. The predicted molar refractivity (Wildman–Crippen MR) is 74.5 cm³/mol. The van der Waals surface area contributed by atoms with Crippen molar-refractivity contribution in [3.63, 3.8) is 0 Å². The van der Waals surface area contributed by atoms with Gasteiger partial charge in [0.1, 0.15) is 0 Å². The molecule has 0 fully saturated rings. The van der Waals surface area contributed by atoms with Crippen molar-refractivity contribution in [2.75, 3.05) is 17.3 Å². The van der Waals surface area contributed by atoms with Gasteiger partial charge in [-0.2, -0.15) is 11.8 Å². The van der Waals surface area contributed by atoms with E-state index in [-0.39, 0.29) is 10.6 Å². The fraction of sp³-hybridized carbons (Fsp3) is 0.417. The first-order valence-corrected chi connectivity index (χ1v) is 7.10. The van der Waals surface area contributed by atoms with Gasteiger partial charge in [-0.25, -0.2) is 4.79 Å². The lowest BCUT2D eigenvalue weighted by Gasteiger charge is -2.15. The molecule has 0 heterocycles. The van der Waals surface area contributed by atoms with Gasteiger partial charge in [-0.05, 0) is 43.6 Å². The maximum atomic E-state index is 10.8. The summed E-state index contributed by atoms with van der Waals surface area (Å²) in [4.78, 5) is 10.8. The van der Waals surface area contributed by atoms with Crippen molar-refractivity contribution in [2.45, 2.75) is 19.4 Å². The van der Waals surface area contributed by atoms with Gasteiger partial charge in [0.15, 0.2) is 0 Å². The minimum absolute atomic E-state index is 0.133. The van der Waals surface area contributed by atoms with E-state index in [2.05, 4.69) is 18.5 Å². The number of aromatic carboxylic acids is 1. The summed E-state index contributed by atoms with van der Waals surface area (Å²) in [5.74, 6) is 0.0896. The molecule has 1 rings (SSSR count).